The number of benzene rings is 1. The van der Waals surface area contributed by atoms with E-state index >= 15 is 0 Å². The van der Waals surface area contributed by atoms with Crippen LogP contribution in [0.25, 0.3) is 0 Å². The van der Waals surface area contributed by atoms with Gasteiger partial charge in [-0.15, -0.1) is 0 Å². The predicted octanol–water partition coefficient (Wildman–Crippen LogP) is 2.39. The Kier molecular flexibility index (Phi) is 6.21. The molecule has 0 saturated carbocycles. The van der Waals surface area contributed by atoms with Gasteiger partial charge in [-0.05, 0) is 51.0 Å². The van der Waals surface area contributed by atoms with Crippen LogP contribution in [0.1, 0.15) is 31.4 Å². The largest absolute Gasteiger partial charge is 0.484 e. The van der Waals surface area contributed by atoms with E-state index < -0.39 is 5.97 Å². The van der Waals surface area contributed by atoms with Crippen LogP contribution >= 0.6 is 0 Å². The molecule has 1 amide bonds. The first-order valence-electron chi connectivity index (χ1n) is 7.02. The standard InChI is InChI=1S/C16H23NO4/c1-11(2)17(6-5-16(19)20)15(18)10-21-14-8-12(3)7-13(4)9-14/h7-9,11H,5-6,10H2,1-4H3,(H,19,20). The number of rotatable bonds is 7. The summed E-state index contributed by atoms with van der Waals surface area (Å²) in [6.07, 6.45) is -0.0620. The molecule has 0 fully saturated rings. The van der Waals surface area contributed by atoms with Crippen LogP contribution in [0.3, 0.4) is 0 Å². The fraction of sp³-hybridized carbons (Fsp3) is 0.500. The molecule has 0 aliphatic rings. The van der Waals surface area contributed by atoms with E-state index in [1.807, 2.05) is 45.9 Å². The molecular weight excluding hydrogens is 270 g/mol. The van der Waals surface area contributed by atoms with Crippen LogP contribution in [0.4, 0.5) is 0 Å². The number of ether oxygens (including phenoxy) is 1. The van der Waals surface area contributed by atoms with Crippen LogP contribution in [-0.2, 0) is 9.59 Å². The lowest BCUT2D eigenvalue weighted by Crippen LogP contribution is -2.41. The van der Waals surface area contributed by atoms with Gasteiger partial charge >= 0.3 is 5.97 Å². The Labute approximate surface area is 125 Å². The van der Waals surface area contributed by atoms with Crippen molar-refractivity contribution in [2.24, 2.45) is 0 Å². The smallest absolute Gasteiger partial charge is 0.305 e. The van der Waals surface area contributed by atoms with Crippen molar-refractivity contribution in [2.45, 2.75) is 40.2 Å². The summed E-state index contributed by atoms with van der Waals surface area (Å²) in [5, 5.41) is 8.73. The van der Waals surface area contributed by atoms with Crippen LogP contribution in [0, 0.1) is 13.8 Å². The highest BCUT2D eigenvalue weighted by Crippen LogP contribution is 2.16. The third kappa shape index (κ3) is 5.85. The van der Waals surface area contributed by atoms with Crippen LogP contribution in [-0.4, -0.2) is 41.1 Å². The van der Waals surface area contributed by atoms with E-state index in [-0.39, 0.29) is 31.5 Å². The zero-order valence-electron chi connectivity index (χ0n) is 13.0. The molecular formula is C16H23NO4. The van der Waals surface area contributed by atoms with E-state index in [0.717, 1.165) is 11.1 Å². The summed E-state index contributed by atoms with van der Waals surface area (Å²) in [6.45, 7) is 7.76. The number of carbonyl (C=O) groups is 2. The number of nitrogens with zero attached hydrogens (tertiary/aromatic N) is 1. The number of carboxylic acids is 1. The Balaban J connectivity index is 2.62. The van der Waals surface area contributed by atoms with Crippen LogP contribution in [0.2, 0.25) is 0 Å². The molecule has 0 radical (unpaired) electrons. The molecule has 1 aromatic carbocycles. The average molecular weight is 293 g/mol. The quantitative estimate of drug-likeness (QED) is 0.838. The number of hydrogen-bond acceptors (Lipinski definition) is 3. The molecule has 5 heteroatoms. The summed E-state index contributed by atoms with van der Waals surface area (Å²) < 4.78 is 5.53. The number of aryl methyl sites for hydroxylation is 2. The Morgan fingerprint density at radius 2 is 1.76 bits per heavy atom. The van der Waals surface area contributed by atoms with Crippen molar-refractivity contribution in [1.29, 1.82) is 0 Å². The Morgan fingerprint density at radius 3 is 2.24 bits per heavy atom. The van der Waals surface area contributed by atoms with Gasteiger partial charge in [0, 0.05) is 12.6 Å². The second-order valence-corrected chi connectivity index (χ2v) is 5.44. The molecule has 116 valence electrons. The van der Waals surface area contributed by atoms with Crippen LogP contribution < -0.4 is 4.74 Å². The molecule has 0 aliphatic carbocycles. The van der Waals surface area contributed by atoms with E-state index in [2.05, 4.69) is 0 Å². The van der Waals surface area contributed by atoms with E-state index in [0.29, 0.717) is 5.75 Å². The number of carboxylic acid groups (broad SMARTS) is 1. The molecule has 0 spiro atoms. The van der Waals surface area contributed by atoms with Crippen molar-refractivity contribution < 1.29 is 19.4 Å². The summed E-state index contributed by atoms with van der Waals surface area (Å²) in [5.41, 5.74) is 2.15. The molecule has 1 aromatic rings. The molecule has 0 bridgehead atoms. The minimum absolute atomic E-state index is 0.0558. The number of hydrogen-bond donors (Lipinski definition) is 1. The maximum Gasteiger partial charge on any atom is 0.305 e. The van der Waals surface area contributed by atoms with Crippen molar-refractivity contribution >= 4 is 11.9 Å². The van der Waals surface area contributed by atoms with Gasteiger partial charge in [-0.2, -0.15) is 0 Å². The molecule has 1 rings (SSSR count). The lowest BCUT2D eigenvalue weighted by Gasteiger charge is -2.26. The van der Waals surface area contributed by atoms with Gasteiger partial charge in [0.25, 0.3) is 5.91 Å². The molecule has 1 N–H and O–H groups in total. The van der Waals surface area contributed by atoms with Crippen LogP contribution in [0.15, 0.2) is 18.2 Å². The van der Waals surface area contributed by atoms with Gasteiger partial charge in [-0.1, -0.05) is 6.07 Å². The Hall–Kier alpha value is -2.04. The second-order valence-electron chi connectivity index (χ2n) is 5.44. The third-order valence-electron chi connectivity index (χ3n) is 3.07. The monoisotopic (exact) mass is 293 g/mol. The Morgan fingerprint density at radius 1 is 1.19 bits per heavy atom. The van der Waals surface area contributed by atoms with E-state index in [1.165, 1.54) is 4.90 Å². The zero-order valence-corrected chi connectivity index (χ0v) is 13.0. The summed E-state index contributed by atoms with van der Waals surface area (Å²) in [4.78, 5) is 24.3. The van der Waals surface area contributed by atoms with Gasteiger partial charge in [-0.25, -0.2) is 0 Å². The molecule has 0 unspecified atom stereocenters. The molecule has 21 heavy (non-hydrogen) atoms. The molecule has 0 aliphatic heterocycles. The van der Waals surface area contributed by atoms with Gasteiger partial charge in [0.2, 0.25) is 0 Å². The summed E-state index contributed by atoms with van der Waals surface area (Å²) in [6, 6.07) is 5.72. The molecule has 0 heterocycles. The van der Waals surface area contributed by atoms with Gasteiger partial charge in [0.1, 0.15) is 5.75 Å². The summed E-state index contributed by atoms with van der Waals surface area (Å²) in [7, 11) is 0. The van der Waals surface area contributed by atoms with Gasteiger partial charge < -0.3 is 14.7 Å². The van der Waals surface area contributed by atoms with Crippen molar-refractivity contribution in [3.63, 3.8) is 0 Å². The lowest BCUT2D eigenvalue weighted by atomic mass is 10.1. The zero-order chi connectivity index (χ0) is 16.0. The van der Waals surface area contributed by atoms with E-state index in [4.69, 9.17) is 9.84 Å². The highest BCUT2D eigenvalue weighted by molar-refractivity contribution is 5.78. The number of carbonyl (C=O) groups excluding carboxylic acids is 1. The maximum atomic E-state index is 12.1. The van der Waals surface area contributed by atoms with E-state index in [9.17, 15) is 9.59 Å². The van der Waals surface area contributed by atoms with Crippen molar-refractivity contribution in [2.75, 3.05) is 13.2 Å². The lowest BCUT2D eigenvalue weighted by molar-refractivity contribution is -0.139. The fourth-order valence-electron chi connectivity index (χ4n) is 2.13. The minimum atomic E-state index is -0.913. The first kappa shape index (κ1) is 17.0. The van der Waals surface area contributed by atoms with Crippen molar-refractivity contribution in [1.82, 2.24) is 4.90 Å². The third-order valence-corrected chi connectivity index (χ3v) is 3.07. The van der Waals surface area contributed by atoms with Gasteiger partial charge in [0.15, 0.2) is 6.61 Å². The van der Waals surface area contributed by atoms with Crippen LogP contribution in [0.5, 0.6) is 5.75 Å². The van der Waals surface area contributed by atoms with Crippen molar-refractivity contribution in [3.8, 4) is 5.75 Å². The summed E-state index contributed by atoms with van der Waals surface area (Å²) in [5.74, 6) is -0.461. The highest BCUT2D eigenvalue weighted by atomic mass is 16.5. The first-order valence-corrected chi connectivity index (χ1v) is 7.02. The topological polar surface area (TPSA) is 66.8 Å². The second kappa shape index (κ2) is 7.67. The minimum Gasteiger partial charge on any atom is -0.484 e. The van der Waals surface area contributed by atoms with Gasteiger partial charge in [-0.3, -0.25) is 9.59 Å². The molecule has 0 saturated heterocycles. The SMILES string of the molecule is Cc1cc(C)cc(OCC(=O)N(CCC(=O)O)C(C)C)c1. The maximum absolute atomic E-state index is 12.1. The van der Waals surface area contributed by atoms with Gasteiger partial charge in [0.05, 0.1) is 6.42 Å². The number of amides is 1. The molecule has 0 atom stereocenters. The normalized spacial score (nSPS) is 10.5. The number of aliphatic carboxylic acids is 1. The fourth-order valence-corrected chi connectivity index (χ4v) is 2.13. The Bertz CT molecular complexity index is 491. The average Bonchev–Trinajstić information content (AvgIpc) is 2.34. The summed E-state index contributed by atoms with van der Waals surface area (Å²) >= 11 is 0. The molecule has 0 aromatic heterocycles. The molecule has 5 nitrogen and oxygen atoms in total. The van der Waals surface area contributed by atoms with E-state index in [1.54, 1.807) is 0 Å². The first-order chi connectivity index (χ1) is 9.79. The predicted molar refractivity (Wildman–Crippen MR) is 80.5 cm³/mol. The highest BCUT2D eigenvalue weighted by Gasteiger charge is 2.18. The van der Waals surface area contributed by atoms with Crippen molar-refractivity contribution in [3.05, 3.63) is 29.3 Å².